The van der Waals surface area contributed by atoms with Gasteiger partial charge in [-0.25, -0.2) is 4.39 Å². The van der Waals surface area contributed by atoms with Crippen molar-refractivity contribution in [3.63, 3.8) is 0 Å². The number of fused-ring (bicyclic) bond motifs is 1. The molecule has 24 heavy (non-hydrogen) atoms. The van der Waals surface area contributed by atoms with Gasteiger partial charge in [-0.2, -0.15) is 0 Å². The number of nitrogens with one attached hydrogen (secondary N) is 1. The molecule has 1 fully saturated rings. The average Bonchev–Trinajstić information content (AvgIpc) is 3.03. The number of nitrogens with zero attached hydrogens (tertiary/aromatic N) is 1. The van der Waals surface area contributed by atoms with Crippen LogP contribution in [0.1, 0.15) is 30.3 Å². The summed E-state index contributed by atoms with van der Waals surface area (Å²) < 4.78 is 19.0. The van der Waals surface area contributed by atoms with Crippen LogP contribution in [0.15, 0.2) is 18.2 Å². The van der Waals surface area contributed by atoms with Gasteiger partial charge in [0, 0.05) is 24.0 Å². The molecule has 1 saturated heterocycles. The number of piperidine rings is 1. The molecule has 128 valence electrons. The lowest BCUT2D eigenvalue weighted by Gasteiger charge is -2.30. The molecule has 0 atom stereocenters. The highest BCUT2D eigenvalue weighted by Crippen LogP contribution is 2.26. The second-order valence-corrected chi connectivity index (χ2v) is 6.23. The van der Waals surface area contributed by atoms with Crippen LogP contribution in [0.4, 0.5) is 4.39 Å². The molecule has 0 unspecified atom stereocenters. The van der Waals surface area contributed by atoms with Crippen molar-refractivity contribution in [1.29, 1.82) is 0 Å². The number of ether oxygens (including phenoxy) is 1. The maximum Gasteiger partial charge on any atom is 0.309 e. The van der Waals surface area contributed by atoms with Crippen LogP contribution < -0.4 is 0 Å². The van der Waals surface area contributed by atoms with Crippen LogP contribution in [-0.4, -0.2) is 41.5 Å². The Morgan fingerprint density at radius 1 is 1.38 bits per heavy atom. The van der Waals surface area contributed by atoms with Gasteiger partial charge in [0.05, 0.1) is 17.5 Å². The zero-order valence-corrected chi connectivity index (χ0v) is 14.0. The van der Waals surface area contributed by atoms with Gasteiger partial charge in [-0.3, -0.25) is 9.59 Å². The number of carbonyl (C=O) groups is 2. The molecular weight excluding hydrogens is 335 g/mol. The van der Waals surface area contributed by atoms with E-state index in [1.165, 1.54) is 12.1 Å². The Kier molecular flexibility index (Phi) is 4.76. The number of carbonyl (C=O) groups excluding carboxylic acids is 2. The summed E-state index contributed by atoms with van der Waals surface area (Å²) in [6.45, 7) is 3.08. The van der Waals surface area contributed by atoms with Crippen molar-refractivity contribution in [2.45, 2.75) is 19.8 Å². The molecule has 0 spiro atoms. The summed E-state index contributed by atoms with van der Waals surface area (Å²) in [5.41, 5.74) is 0.849. The maximum absolute atomic E-state index is 14.0. The number of benzene rings is 1. The molecule has 7 heteroatoms. The van der Waals surface area contributed by atoms with Crippen molar-refractivity contribution < 1.29 is 18.7 Å². The van der Waals surface area contributed by atoms with Crippen molar-refractivity contribution >= 4 is 34.4 Å². The summed E-state index contributed by atoms with van der Waals surface area (Å²) in [6, 6.07) is 4.58. The standard InChI is InChI=1S/C17H18ClFN2O3/c1-2-24-17(23)10-5-7-21(8-6-10)16(22)14-9-11-13(20-14)4-3-12(18)15(11)19/h3-4,9-10,20H,2,5-8H2,1H3. The average molecular weight is 353 g/mol. The first kappa shape index (κ1) is 16.8. The van der Waals surface area contributed by atoms with Crippen molar-refractivity contribution in [1.82, 2.24) is 9.88 Å². The summed E-state index contributed by atoms with van der Waals surface area (Å²) >= 11 is 5.77. The first-order chi connectivity index (χ1) is 11.5. The third-order valence-corrected chi connectivity index (χ3v) is 4.62. The topological polar surface area (TPSA) is 62.4 Å². The van der Waals surface area contributed by atoms with E-state index in [0.717, 1.165) is 0 Å². The number of amides is 1. The molecule has 2 heterocycles. The summed E-state index contributed by atoms with van der Waals surface area (Å²) in [4.78, 5) is 28.9. The summed E-state index contributed by atoms with van der Waals surface area (Å²) in [5, 5.41) is 0.322. The molecular formula is C17H18ClFN2O3. The lowest BCUT2D eigenvalue weighted by Crippen LogP contribution is -2.40. The van der Waals surface area contributed by atoms with Gasteiger partial charge in [0.2, 0.25) is 0 Å². The molecule has 3 rings (SSSR count). The van der Waals surface area contributed by atoms with Crippen LogP contribution in [0.2, 0.25) is 5.02 Å². The number of likely N-dealkylation sites (tertiary alicyclic amines) is 1. The normalized spacial score (nSPS) is 15.7. The largest absolute Gasteiger partial charge is 0.466 e. The molecule has 1 aliphatic heterocycles. The van der Waals surface area contributed by atoms with Gasteiger partial charge >= 0.3 is 5.97 Å². The van der Waals surface area contributed by atoms with E-state index in [-0.39, 0.29) is 22.8 Å². The number of esters is 1. The minimum atomic E-state index is -0.537. The minimum absolute atomic E-state index is 0.0238. The van der Waals surface area contributed by atoms with Crippen LogP contribution in [0.5, 0.6) is 0 Å². The van der Waals surface area contributed by atoms with E-state index < -0.39 is 5.82 Å². The van der Waals surface area contributed by atoms with Gasteiger partial charge < -0.3 is 14.6 Å². The summed E-state index contributed by atoms with van der Waals surface area (Å²) in [7, 11) is 0. The van der Waals surface area contributed by atoms with Gasteiger partial charge in [0.15, 0.2) is 5.82 Å². The van der Waals surface area contributed by atoms with Gasteiger partial charge in [-0.1, -0.05) is 11.6 Å². The number of aromatic nitrogens is 1. The van der Waals surface area contributed by atoms with Gasteiger partial charge in [-0.15, -0.1) is 0 Å². The van der Waals surface area contributed by atoms with Crippen LogP contribution in [0, 0.1) is 11.7 Å². The quantitative estimate of drug-likeness (QED) is 0.861. The van der Waals surface area contributed by atoms with Crippen molar-refractivity contribution in [3.8, 4) is 0 Å². The molecule has 2 aromatic rings. The van der Waals surface area contributed by atoms with E-state index in [9.17, 15) is 14.0 Å². The SMILES string of the molecule is CCOC(=O)C1CCN(C(=O)c2cc3c(F)c(Cl)ccc3[nH]2)CC1. The lowest BCUT2D eigenvalue weighted by atomic mass is 9.97. The summed E-state index contributed by atoms with van der Waals surface area (Å²) in [5.74, 6) is -1.10. The van der Waals surface area contributed by atoms with Crippen molar-refractivity contribution in [3.05, 3.63) is 34.7 Å². The highest BCUT2D eigenvalue weighted by Gasteiger charge is 2.29. The van der Waals surface area contributed by atoms with Crippen LogP contribution in [0.3, 0.4) is 0 Å². The molecule has 0 aliphatic carbocycles. The molecule has 1 aromatic heterocycles. The fourth-order valence-electron chi connectivity index (χ4n) is 3.01. The summed E-state index contributed by atoms with van der Waals surface area (Å²) in [6.07, 6.45) is 1.15. The minimum Gasteiger partial charge on any atom is -0.466 e. The van der Waals surface area contributed by atoms with Gasteiger partial charge in [-0.05, 0) is 38.0 Å². The van der Waals surface area contributed by atoms with Gasteiger partial charge in [0.1, 0.15) is 5.69 Å². The number of aromatic amines is 1. The second kappa shape index (κ2) is 6.81. The fourth-order valence-corrected chi connectivity index (χ4v) is 3.17. The first-order valence-electron chi connectivity index (χ1n) is 7.94. The predicted octanol–water partition coefficient (Wildman–Crippen LogP) is 3.38. The Labute approximate surface area is 143 Å². The Hall–Kier alpha value is -2.08. The lowest BCUT2D eigenvalue weighted by molar-refractivity contribution is -0.149. The van der Waals surface area contributed by atoms with Crippen molar-refractivity contribution in [2.24, 2.45) is 5.92 Å². The number of hydrogen-bond donors (Lipinski definition) is 1. The van der Waals surface area contributed by atoms with E-state index in [2.05, 4.69) is 4.98 Å². The molecule has 1 N–H and O–H groups in total. The fraction of sp³-hybridized carbons (Fsp3) is 0.412. The Balaban J connectivity index is 1.72. The first-order valence-corrected chi connectivity index (χ1v) is 8.31. The van der Waals surface area contributed by atoms with Gasteiger partial charge in [0.25, 0.3) is 5.91 Å². The van der Waals surface area contributed by atoms with E-state index >= 15 is 0 Å². The molecule has 0 radical (unpaired) electrons. The molecule has 1 aliphatic rings. The molecule has 0 bridgehead atoms. The molecule has 0 saturated carbocycles. The monoisotopic (exact) mass is 352 g/mol. The highest BCUT2D eigenvalue weighted by atomic mass is 35.5. The Morgan fingerprint density at radius 2 is 2.08 bits per heavy atom. The van der Waals surface area contributed by atoms with E-state index in [1.807, 2.05) is 0 Å². The van der Waals surface area contributed by atoms with E-state index in [4.69, 9.17) is 16.3 Å². The second-order valence-electron chi connectivity index (χ2n) is 5.82. The predicted molar refractivity (Wildman–Crippen MR) is 88.5 cm³/mol. The number of hydrogen-bond acceptors (Lipinski definition) is 3. The van der Waals surface area contributed by atoms with Crippen molar-refractivity contribution in [2.75, 3.05) is 19.7 Å². The number of rotatable bonds is 3. The van der Waals surface area contributed by atoms with Crippen LogP contribution >= 0.6 is 11.6 Å². The zero-order valence-electron chi connectivity index (χ0n) is 13.3. The third-order valence-electron chi connectivity index (χ3n) is 4.32. The molecule has 1 amide bonds. The molecule has 1 aromatic carbocycles. The van der Waals surface area contributed by atoms with Crippen LogP contribution in [-0.2, 0) is 9.53 Å². The van der Waals surface area contributed by atoms with E-state index in [1.54, 1.807) is 17.9 Å². The number of halogens is 2. The highest BCUT2D eigenvalue weighted by molar-refractivity contribution is 6.31. The maximum atomic E-state index is 14.0. The van der Waals surface area contributed by atoms with E-state index in [0.29, 0.717) is 49.1 Å². The smallest absolute Gasteiger partial charge is 0.309 e. The number of H-pyrrole nitrogens is 1. The zero-order chi connectivity index (χ0) is 17.3. The third kappa shape index (κ3) is 3.11. The molecule has 5 nitrogen and oxygen atoms in total. The Bertz CT molecular complexity index is 781. The Morgan fingerprint density at radius 3 is 2.75 bits per heavy atom. The van der Waals surface area contributed by atoms with Crippen LogP contribution in [0.25, 0.3) is 10.9 Å².